The average Bonchev–Trinajstić information content (AvgIpc) is 3.39. The maximum Gasteiger partial charge on any atom is 0.251 e. The monoisotopic (exact) mass is 645 g/mol. The number of anilines is 1. The minimum Gasteiger partial charge on any atom is -0.508 e. The second-order valence-corrected chi connectivity index (χ2v) is 13.7. The third kappa shape index (κ3) is 7.71. The molecule has 5 rings (SSSR count). The van der Waals surface area contributed by atoms with Gasteiger partial charge in [-0.2, -0.15) is 4.31 Å². The number of benzene rings is 3. The Bertz CT molecular complexity index is 1720. The van der Waals surface area contributed by atoms with Gasteiger partial charge in [0.2, 0.25) is 10.0 Å². The first-order chi connectivity index (χ1) is 22.2. The molecule has 0 aliphatic carbocycles. The molecule has 0 fully saturated rings. The Morgan fingerprint density at radius 2 is 1.80 bits per heavy atom. The standard InChI is InChI=1S/C35H43N5O5S/c1-4-5-6-7-18-37-35(42)27-10-17-34-28(20-27)22-40(46(43,44)33-15-13-32(45-3)14-16-33)29(19-26-8-11-31(41)12-9-26)23-39(34)24-30-21-36-25-38(30)2/h8-17,20-21,25,29,41H,4-7,18-19,22-24H2,1-3H3,(H,37,42)/t29-/m1/s1. The lowest BCUT2D eigenvalue weighted by atomic mass is 10.1. The zero-order valence-electron chi connectivity index (χ0n) is 26.7. The molecule has 0 bridgehead atoms. The van der Waals surface area contributed by atoms with Crippen molar-refractivity contribution in [3.8, 4) is 11.5 Å². The highest BCUT2D eigenvalue weighted by molar-refractivity contribution is 7.89. The zero-order chi connectivity index (χ0) is 32.7. The number of phenols is 1. The SMILES string of the molecule is CCCCCCNC(=O)c1ccc2c(c1)CN(S(=O)(=O)c1ccc(OC)cc1)[C@H](Cc1ccc(O)cc1)CN2Cc1cncn1C. The predicted octanol–water partition coefficient (Wildman–Crippen LogP) is 5.27. The molecule has 2 N–H and O–H groups in total. The molecule has 0 unspecified atom stereocenters. The van der Waals surface area contributed by atoms with Gasteiger partial charge in [-0.25, -0.2) is 13.4 Å². The second-order valence-electron chi connectivity index (χ2n) is 11.8. The summed E-state index contributed by atoms with van der Waals surface area (Å²) >= 11 is 0. The van der Waals surface area contributed by atoms with Crippen LogP contribution < -0.4 is 15.0 Å². The molecule has 1 amide bonds. The van der Waals surface area contributed by atoms with Crippen LogP contribution in [0.3, 0.4) is 0 Å². The van der Waals surface area contributed by atoms with Gasteiger partial charge in [-0.3, -0.25) is 4.79 Å². The molecule has 0 radical (unpaired) electrons. The van der Waals surface area contributed by atoms with E-state index in [1.807, 2.05) is 48.1 Å². The molecule has 10 nitrogen and oxygen atoms in total. The molecule has 0 spiro atoms. The first-order valence-corrected chi connectivity index (χ1v) is 17.2. The minimum absolute atomic E-state index is 0.0754. The molecule has 4 aromatic rings. The van der Waals surface area contributed by atoms with E-state index in [2.05, 4.69) is 22.1 Å². The van der Waals surface area contributed by atoms with E-state index in [9.17, 15) is 18.3 Å². The molecule has 46 heavy (non-hydrogen) atoms. The lowest BCUT2D eigenvalue weighted by Crippen LogP contribution is -2.45. The predicted molar refractivity (Wildman–Crippen MR) is 178 cm³/mol. The summed E-state index contributed by atoms with van der Waals surface area (Å²) in [5.41, 5.74) is 3.96. The fourth-order valence-corrected chi connectivity index (χ4v) is 7.47. The second kappa shape index (κ2) is 14.8. The van der Waals surface area contributed by atoms with E-state index < -0.39 is 16.1 Å². The van der Waals surface area contributed by atoms with Crippen molar-refractivity contribution in [3.63, 3.8) is 0 Å². The van der Waals surface area contributed by atoms with E-state index in [0.29, 0.717) is 37.4 Å². The number of methoxy groups -OCH3 is 1. The van der Waals surface area contributed by atoms with Crippen molar-refractivity contribution in [1.29, 1.82) is 0 Å². The fourth-order valence-electron chi connectivity index (χ4n) is 5.88. The number of hydrogen-bond acceptors (Lipinski definition) is 7. The molecule has 1 atom stereocenters. The number of carbonyl (C=O) groups is 1. The van der Waals surface area contributed by atoms with E-state index in [1.165, 1.54) is 0 Å². The summed E-state index contributed by atoms with van der Waals surface area (Å²) in [6, 6.07) is 18.4. The number of amides is 1. The van der Waals surface area contributed by atoms with Gasteiger partial charge in [-0.05, 0) is 78.6 Å². The number of nitrogens with one attached hydrogen (secondary N) is 1. The Kier molecular flexibility index (Phi) is 10.6. The van der Waals surface area contributed by atoms with E-state index in [-0.39, 0.29) is 23.1 Å². The highest BCUT2D eigenvalue weighted by Gasteiger charge is 2.37. The van der Waals surface area contributed by atoms with Crippen LogP contribution in [0.4, 0.5) is 5.69 Å². The first kappa shape index (κ1) is 33.0. The van der Waals surface area contributed by atoms with Gasteiger partial charge in [-0.15, -0.1) is 0 Å². The number of aromatic hydroxyl groups is 1. The highest BCUT2D eigenvalue weighted by Crippen LogP contribution is 2.34. The number of carbonyl (C=O) groups excluding carboxylic acids is 1. The van der Waals surface area contributed by atoms with Crippen LogP contribution in [0, 0.1) is 0 Å². The van der Waals surface area contributed by atoms with Crippen LogP contribution in [-0.2, 0) is 36.6 Å². The topological polar surface area (TPSA) is 117 Å². The minimum atomic E-state index is -4.00. The summed E-state index contributed by atoms with van der Waals surface area (Å²) in [5.74, 6) is 0.536. The summed E-state index contributed by atoms with van der Waals surface area (Å²) in [7, 11) is -0.522. The number of phenolic OH excluding ortho intramolecular Hbond substituents is 1. The smallest absolute Gasteiger partial charge is 0.251 e. The number of fused-ring (bicyclic) bond motifs is 1. The number of aromatic nitrogens is 2. The third-order valence-corrected chi connectivity index (χ3v) is 10.4. The van der Waals surface area contributed by atoms with Gasteiger partial charge in [0.05, 0.1) is 30.6 Å². The summed E-state index contributed by atoms with van der Waals surface area (Å²) in [4.78, 5) is 19.9. The largest absolute Gasteiger partial charge is 0.508 e. The quantitative estimate of drug-likeness (QED) is 0.190. The molecule has 1 aliphatic rings. The Balaban J connectivity index is 1.56. The van der Waals surface area contributed by atoms with Gasteiger partial charge in [0.25, 0.3) is 5.91 Å². The van der Waals surface area contributed by atoms with Crippen molar-refractivity contribution >= 4 is 21.6 Å². The van der Waals surface area contributed by atoms with Crippen molar-refractivity contribution in [2.24, 2.45) is 7.05 Å². The van der Waals surface area contributed by atoms with Gasteiger partial charge in [0, 0.05) is 50.2 Å². The van der Waals surface area contributed by atoms with E-state index in [0.717, 1.165) is 48.2 Å². The van der Waals surface area contributed by atoms with Gasteiger partial charge < -0.3 is 24.6 Å². The van der Waals surface area contributed by atoms with Crippen LogP contribution in [0.5, 0.6) is 11.5 Å². The number of hydrogen-bond donors (Lipinski definition) is 2. The van der Waals surface area contributed by atoms with E-state index in [4.69, 9.17) is 4.74 Å². The Morgan fingerprint density at radius 1 is 1.04 bits per heavy atom. The van der Waals surface area contributed by atoms with Gasteiger partial charge in [-0.1, -0.05) is 38.3 Å². The number of sulfonamides is 1. The number of rotatable bonds is 13. The van der Waals surface area contributed by atoms with Crippen molar-refractivity contribution in [2.45, 2.75) is 63.1 Å². The number of imidazole rings is 1. The van der Waals surface area contributed by atoms with E-state index >= 15 is 0 Å². The van der Waals surface area contributed by atoms with Gasteiger partial charge in [0.1, 0.15) is 11.5 Å². The van der Waals surface area contributed by atoms with Crippen LogP contribution in [-0.4, -0.2) is 59.5 Å². The van der Waals surface area contributed by atoms with E-state index in [1.54, 1.807) is 54.1 Å². The molecule has 1 aromatic heterocycles. The zero-order valence-corrected chi connectivity index (χ0v) is 27.5. The van der Waals surface area contributed by atoms with Crippen molar-refractivity contribution in [1.82, 2.24) is 19.2 Å². The molecule has 3 aromatic carbocycles. The maximum absolute atomic E-state index is 14.5. The molecule has 0 saturated carbocycles. The summed E-state index contributed by atoms with van der Waals surface area (Å²) in [6.07, 6.45) is 8.20. The van der Waals surface area contributed by atoms with Crippen LogP contribution in [0.1, 0.15) is 59.8 Å². The Morgan fingerprint density at radius 3 is 2.48 bits per heavy atom. The van der Waals surface area contributed by atoms with Crippen molar-refractivity contribution in [2.75, 3.05) is 25.1 Å². The molecule has 244 valence electrons. The molecule has 11 heteroatoms. The Hall–Kier alpha value is -4.35. The van der Waals surface area contributed by atoms with Gasteiger partial charge >= 0.3 is 0 Å². The molecular formula is C35H43N5O5S. The van der Waals surface area contributed by atoms with Crippen molar-refractivity contribution < 1.29 is 23.1 Å². The normalized spacial score (nSPS) is 15.3. The number of ether oxygens (including phenoxy) is 1. The Labute approximate surface area is 271 Å². The lowest BCUT2D eigenvalue weighted by Gasteiger charge is -2.32. The van der Waals surface area contributed by atoms with Crippen LogP contribution in [0.2, 0.25) is 0 Å². The molecule has 0 saturated heterocycles. The number of aryl methyl sites for hydroxylation is 1. The summed E-state index contributed by atoms with van der Waals surface area (Å²) in [5, 5.41) is 12.9. The number of unbranched alkanes of at least 4 members (excludes halogenated alkanes) is 3. The molecule has 1 aliphatic heterocycles. The molecule has 2 heterocycles. The highest BCUT2D eigenvalue weighted by atomic mass is 32.2. The van der Waals surface area contributed by atoms with Crippen LogP contribution in [0.25, 0.3) is 0 Å². The number of nitrogens with zero attached hydrogens (tertiary/aromatic N) is 4. The van der Waals surface area contributed by atoms with Crippen LogP contribution in [0.15, 0.2) is 84.1 Å². The lowest BCUT2D eigenvalue weighted by molar-refractivity contribution is 0.0953. The third-order valence-electron chi connectivity index (χ3n) is 8.51. The molecular weight excluding hydrogens is 602 g/mol. The summed E-state index contributed by atoms with van der Waals surface area (Å²) in [6.45, 7) is 3.70. The first-order valence-electron chi connectivity index (χ1n) is 15.7. The van der Waals surface area contributed by atoms with Gasteiger partial charge in [0.15, 0.2) is 0 Å². The maximum atomic E-state index is 14.5. The summed E-state index contributed by atoms with van der Waals surface area (Å²) < 4.78 is 37.7. The average molecular weight is 646 g/mol. The van der Waals surface area contributed by atoms with Crippen LogP contribution >= 0.6 is 0 Å². The van der Waals surface area contributed by atoms with Crippen molar-refractivity contribution in [3.05, 3.63) is 102 Å². The fraction of sp³-hybridized carbons (Fsp3) is 0.371.